The Morgan fingerprint density at radius 3 is 2.35 bits per heavy atom. The first-order chi connectivity index (χ1) is 9.41. The molecule has 0 radical (unpaired) electrons. The summed E-state index contributed by atoms with van der Waals surface area (Å²) in [4.78, 5) is 0.249. The number of hydrogen-bond acceptors (Lipinski definition) is 5. The molecule has 1 atom stereocenters. The number of ether oxygens (including phenoxy) is 1. The summed E-state index contributed by atoms with van der Waals surface area (Å²) >= 11 is 0. The van der Waals surface area contributed by atoms with Crippen LogP contribution in [-0.2, 0) is 14.8 Å². The van der Waals surface area contributed by atoms with E-state index in [-0.39, 0.29) is 17.5 Å². The van der Waals surface area contributed by atoms with Crippen molar-refractivity contribution >= 4 is 15.7 Å². The van der Waals surface area contributed by atoms with E-state index >= 15 is 0 Å². The molecule has 1 aromatic rings. The fraction of sp³-hybridized carbons (Fsp3) is 0.538. The van der Waals surface area contributed by atoms with Gasteiger partial charge in [0, 0.05) is 33.5 Å². The van der Waals surface area contributed by atoms with E-state index in [1.807, 2.05) is 0 Å². The van der Waals surface area contributed by atoms with Crippen LogP contribution < -0.4 is 5.32 Å². The molecule has 0 aliphatic rings. The Labute approximate surface area is 120 Å². The number of anilines is 1. The van der Waals surface area contributed by atoms with Crippen LogP contribution >= 0.6 is 0 Å². The molecule has 0 amide bonds. The largest absolute Gasteiger partial charge is 0.396 e. The molecule has 0 saturated heterocycles. The summed E-state index contributed by atoms with van der Waals surface area (Å²) in [7, 11) is 1.19. The van der Waals surface area contributed by atoms with Gasteiger partial charge in [-0.2, -0.15) is 0 Å². The lowest BCUT2D eigenvalue weighted by Gasteiger charge is -2.18. The second-order valence-corrected chi connectivity index (χ2v) is 6.77. The maximum absolute atomic E-state index is 11.9. The van der Waals surface area contributed by atoms with Crippen LogP contribution in [0.15, 0.2) is 29.2 Å². The summed E-state index contributed by atoms with van der Waals surface area (Å²) in [5.41, 5.74) is 0.790. The molecule has 0 aliphatic carbocycles. The summed E-state index contributed by atoms with van der Waals surface area (Å²) < 4.78 is 30.1. The maximum Gasteiger partial charge on any atom is 0.242 e. The van der Waals surface area contributed by atoms with E-state index in [0.717, 1.165) is 5.69 Å². The highest BCUT2D eigenvalue weighted by Gasteiger charge is 2.16. The molecule has 0 spiro atoms. The quantitative estimate of drug-likeness (QED) is 0.741. The molecule has 7 heteroatoms. The number of nitrogens with one attached hydrogen (secondary N) is 1. The second kappa shape index (κ2) is 7.58. The summed E-state index contributed by atoms with van der Waals surface area (Å²) in [5, 5.41) is 12.2. The number of rotatable bonds is 8. The molecule has 1 unspecified atom stereocenters. The minimum Gasteiger partial charge on any atom is -0.396 e. The zero-order chi connectivity index (χ0) is 15.2. The Morgan fingerprint density at radius 1 is 1.30 bits per heavy atom. The predicted octanol–water partition coefficient (Wildman–Crippen LogP) is 0.746. The first-order valence-electron chi connectivity index (χ1n) is 6.30. The molecular formula is C13H22N2O4S. The van der Waals surface area contributed by atoms with Gasteiger partial charge in [-0.05, 0) is 30.7 Å². The van der Waals surface area contributed by atoms with E-state index in [4.69, 9.17) is 9.84 Å². The Morgan fingerprint density at radius 2 is 1.90 bits per heavy atom. The van der Waals surface area contributed by atoms with Crippen LogP contribution in [0.3, 0.4) is 0 Å². The average molecular weight is 302 g/mol. The molecule has 0 saturated carbocycles. The van der Waals surface area contributed by atoms with Gasteiger partial charge in [-0.15, -0.1) is 0 Å². The standard InChI is InChI=1S/C13H22N2O4S/c1-15(2)20(17,18)13-6-4-11(5-7-13)14-12(8-9-16)10-19-3/h4-7,12,14,16H,8-10H2,1-3H3. The monoisotopic (exact) mass is 302 g/mol. The van der Waals surface area contributed by atoms with Crippen molar-refractivity contribution in [2.24, 2.45) is 0 Å². The number of sulfonamides is 1. The Hall–Kier alpha value is -1.15. The van der Waals surface area contributed by atoms with Crippen molar-refractivity contribution in [3.8, 4) is 0 Å². The van der Waals surface area contributed by atoms with Crippen LogP contribution in [0, 0.1) is 0 Å². The molecule has 1 aromatic carbocycles. The van der Waals surface area contributed by atoms with Crippen LogP contribution in [0.1, 0.15) is 6.42 Å². The number of aliphatic hydroxyl groups is 1. The van der Waals surface area contributed by atoms with Crippen molar-refractivity contribution in [3.63, 3.8) is 0 Å². The van der Waals surface area contributed by atoms with Gasteiger partial charge >= 0.3 is 0 Å². The van der Waals surface area contributed by atoms with Gasteiger partial charge in [-0.25, -0.2) is 12.7 Å². The minimum atomic E-state index is -3.40. The molecular weight excluding hydrogens is 280 g/mol. The van der Waals surface area contributed by atoms with Gasteiger partial charge in [-0.3, -0.25) is 0 Å². The lowest BCUT2D eigenvalue weighted by Crippen LogP contribution is -2.26. The van der Waals surface area contributed by atoms with E-state index in [1.165, 1.54) is 18.4 Å². The van der Waals surface area contributed by atoms with E-state index in [9.17, 15) is 8.42 Å². The van der Waals surface area contributed by atoms with E-state index in [1.54, 1.807) is 31.4 Å². The lowest BCUT2D eigenvalue weighted by molar-refractivity contribution is 0.170. The van der Waals surface area contributed by atoms with Gasteiger partial charge in [0.05, 0.1) is 17.5 Å². The first kappa shape index (κ1) is 16.9. The molecule has 0 aromatic heterocycles. The third kappa shape index (κ3) is 4.45. The van der Waals surface area contributed by atoms with Crippen LogP contribution in [0.2, 0.25) is 0 Å². The number of methoxy groups -OCH3 is 1. The van der Waals surface area contributed by atoms with Crippen molar-refractivity contribution in [3.05, 3.63) is 24.3 Å². The highest BCUT2D eigenvalue weighted by molar-refractivity contribution is 7.89. The van der Waals surface area contributed by atoms with Crippen LogP contribution in [0.25, 0.3) is 0 Å². The average Bonchev–Trinajstić information content (AvgIpc) is 2.39. The maximum atomic E-state index is 11.9. The molecule has 0 aliphatic heterocycles. The molecule has 1 rings (SSSR count). The van der Waals surface area contributed by atoms with Crippen LogP contribution in [0.4, 0.5) is 5.69 Å². The highest BCUT2D eigenvalue weighted by Crippen LogP contribution is 2.17. The lowest BCUT2D eigenvalue weighted by atomic mass is 10.2. The minimum absolute atomic E-state index is 0.0127. The predicted molar refractivity (Wildman–Crippen MR) is 78.3 cm³/mol. The van der Waals surface area contributed by atoms with Gasteiger partial charge in [0.25, 0.3) is 0 Å². The first-order valence-corrected chi connectivity index (χ1v) is 7.74. The summed E-state index contributed by atoms with van der Waals surface area (Å²) in [6, 6.07) is 6.51. The van der Waals surface area contributed by atoms with Gasteiger partial charge in [0.1, 0.15) is 0 Å². The van der Waals surface area contributed by atoms with Gasteiger partial charge in [0.2, 0.25) is 10.0 Å². The topological polar surface area (TPSA) is 78.9 Å². The van der Waals surface area contributed by atoms with Crippen molar-refractivity contribution in [1.29, 1.82) is 0 Å². The molecule has 20 heavy (non-hydrogen) atoms. The fourth-order valence-corrected chi connectivity index (χ4v) is 2.63. The second-order valence-electron chi connectivity index (χ2n) is 4.62. The Balaban J connectivity index is 2.81. The normalized spacial score (nSPS) is 13.4. The highest BCUT2D eigenvalue weighted by atomic mass is 32.2. The number of aliphatic hydroxyl groups excluding tert-OH is 1. The zero-order valence-corrected chi connectivity index (χ0v) is 12.9. The molecule has 6 nitrogen and oxygen atoms in total. The van der Waals surface area contributed by atoms with E-state index in [0.29, 0.717) is 13.0 Å². The van der Waals surface area contributed by atoms with Gasteiger partial charge in [-0.1, -0.05) is 0 Å². The third-order valence-electron chi connectivity index (χ3n) is 2.85. The van der Waals surface area contributed by atoms with Gasteiger partial charge < -0.3 is 15.2 Å². The smallest absolute Gasteiger partial charge is 0.242 e. The number of hydrogen-bond donors (Lipinski definition) is 2. The molecule has 0 fully saturated rings. The summed E-state index contributed by atoms with van der Waals surface area (Å²) in [6.07, 6.45) is 0.561. The summed E-state index contributed by atoms with van der Waals surface area (Å²) in [6.45, 7) is 0.534. The Kier molecular flexibility index (Phi) is 6.41. The molecule has 0 heterocycles. The molecule has 0 bridgehead atoms. The SMILES string of the molecule is COCC(CCO)Nc1ccc(S(=O)(=O)N(C)C)cc1. The zero-order valence-electron chi connectivity index (χ0n) is 12.0. The molecule has 2 N–H and O–H groups in total. The van der Waals surface area contributed by atoms with Crippen LogP contribution in [-0.4, -0.2) is 58.3 Å². The van der Waals surface area contributed by atoms with Gasteiger partial charge in [0.15, 0.2) is 0 Å². The van der Waals surface area contributed by atoms with E-state index < -0.39 is 10.0 Å². The molecule has 114 valence electrons. The number of nitrogens with zero attached hydrogens (tertiary/aromatic N) is 1. The number of benzene rings is 1. The third-order valence-corrected chi connectivity index (χ3v) is 4.68. The van der Waals surface area contributed by atoms with Crippen molar-refractivity contribution in [2.75, 3.05) is 39.7 Å². The van der Waals surface area contributed by atoms with Crippen LogP contribution in [0.5, 0.6) is 0 Å². The fourth-order valence-electron chi connectivity index (χ4n) is 1.72. The van der Waals surface area contributed by atoms with Crippen molar-refractivity contribution < 1.29 is 18.3 Å². The summed E-state index contributed by atoms with van der Waals surface area (Å²) in [5.74, 6) is 0. The Bertz CT molecular complexity index is 494. The van der Waals surface area contributed by atoms with Crippen molar-refractivity contribution in [2.45, 2.75) is 17.4 Å². The van der Waals surface area contributed by atoms with Crippen molar-refractivity contribution in [1.82, 2.24) is 4.31 Å². The van der Waals surface area contributed by atoms with E-state index in [2.05, 4.69) is 5.32 Å².